The first-order valence-corrected chi connectivity index (χ1v) is 39.4. The minimum absolute atomic E-state index is 0.106. The fraction of sp³-hybridized carbons (Fsp3) is 0.852. The Bertz CT molecular complexity index is 1980. The van der Waals surface area contributed by atoms with Gasteiger partial charge in [0.25, 0.3) is 5.56 Å². The van der Waals surface area contributed by atoms with Crippen LogP contribution < -0.4 is 5.56 Å². The molecule has 0 bridgehead atoms. The highest BCUT2D eigenvalue weighted by atomic mass is 19.4. The number of carbonyl (C=O) groups is 1. The molecule has 2 aromatic rings. The molecule has 1 saturated heterocycles. The number of ether oxygens (including phenoxy) is 2. The maximum Gasteiger partial charge on any atom is 0.417 e. The third-order valence-corrected chi connectivity index (χ3v) is 20.6. The number of amides is 1. The summed E-state index contributed by atoms with van der Waals surface area (Å²) in [5.41, 5.74) is -1.46. The molecule has 1 saturated carbocycles. The van der Waals surface area contributed by atoms with Gasteiger partial charge in [0.15, 0.2) is 0 Å². The summed E-state index contributed by atoms with van der Waals surface area (Å²) in [6.07, 6.45) is 71.6. The lowest BCUT2D eigenvalue weighted by molar-refractivity contribution is -0.138. The van der Waals surface area contributed by atoms with Gasteiger partial charge in [0.2, 0.25) is 0 Å². The highest BCUT2D eigenvalue weighted by molar-refractivity contribution is 5.69. The summed E-state index contributed by atoms with van der Waals surface area (Å²) in [5, 5.41) is 0. The average Bonchev–Trinajstić information content (AvgIpc) is 0.972. The number of aromatic nitrogens is 1. The standard InChI is InChI=1S/C81H141F3N2O4/c1-79(2,3)90-78(88)86-68-60-53-49-52-59-67-80(89-71-73(63-64-76(86)72-61-55-54-56-62-72)75-69-74(81(82,83)84)70-85-77(75)87)65-57-50-47-45-43-41-39-37-35-33-31-29-27-25-23-21-19-17-15-13-11-9-7-5-4-6-8-10-12-14-16-18-20-22-24-26-28-30-32-34-36-38-40-42-44-46-48-51-58-66-80/h54-56,61-62,69-70,73,76H,4-53,57-60,63-68,71H2,1-3H3,(H,85,87)/t73-,76-/m0/s1. The van der Waals surface area contributed by atoms with Crippen LogP contribution in [0.1, 0.15) is 428 Å². The number of pyridine rings is 1. The molecular weight excluding hydrogens is 1120 g/mol. The fourth-order valence-electron chi connectivity index (χ4n) is 14.9. The molecular formula is C81H141F3N2O4. The van der Waals surface area contributed by atoms with Gasteiger partial charge >= 0.3 is 12.3 Å². The normalized spacial score (nSPS) is 23.5. The lowest BCUT2D eigenvalue weighted by Crippen LogP contribution is -2.40. The lowest BCUT2D eigenvalue weighted by atomic mass is 9.84. The first-order valence-electron chi connectivity index (χ1n) is 39.4. The molecule has 520 valence electrons. The van der Waals surface area contributed by atoms with Crippen LogP contribution in [0.25, 0.3) is 0 Å². The summed E-state index contributed by atoms with van der Waals surface area (Å²) >= 11 is 0. The van der Waals surface area contributed by atoms with E-state index in [1.807, 2.05) is 56.0 Å². The highest BCUT2D eigenvalue weighted by Crippen LogP contribution is 2.39. The molecule has 1 aliphatic carbocycles. The number of rotatable bonds is 2. The van der Waals surface area contributed by atoms with E-state index < -0.39 is 46.6 Å². The number of alkyl halides is 3. The van der Waals surface area contributed by atoms with E-state index in [4.69, 9.17) is 9.47 Å². The number of H-pyrrole nitrogens is 1. The van der Waals surface area contributed by atoms with E-state index in [2.05, 4.69) is 4.98 Å². The van der Waals surface area contributed by atoms with E-state index in [1.54, 1.807) is 0 Å². The quantitative estimate of drug-likeness (QED) is 0.325. The molecule has 1 aliphatic heterocycles. The molecule has 6 nitrogen and oxygen atoms in total. The Hall–Kier alpha value is -2.81. The minimum Gasteiger partial charge on any atom is -0.444 e. The summed E-state index contributed by atoms with van der Waals surface area (Å²) in [7, 11) is 0. The number of hydrogen-bond donors (Lipinski definition) is 1. The number of nitrogens with zero attached hydrogens (tertiary/aromatic N) is 1. The van der Waals surface area contributed by atoms with Gasteiger partial charge in [-0.2, -0.15) is 13.2 Å². The van der Waals surface area contributed by atoms with Crippen LogP contribution in [0.5, 0.6) is 0 Å². The van der Waals surface area contributed by atoms with Crippen LogP contribution in [0.2, 0.25) is 0 Å². The summed E-state index contributed by atoms with van der Waals surface area (Å²) in [6, 6.07) is 10.6. The van der Waals surface area contributed by atoms with Crippen LogP contribution >= 0.6 is 0 Å². The smallest absolute Gasteiger partial charge is 0.417 e. The van der Waals surface area contributed by atoms with Crippen LogP contribution in [0.3, 0.4) is 0 Å². The maximum absolute atomic E-state index is 14.5. The van der Waals surface area contributed by atoms with Crippen LogP contribution in [-0.2, 0) is 15.7 Å². The fourth-order valence-corrected chi connectivity index (χ4v) is 14.9. The number of hydrogen-bond acceptors (Lipinski definition) is 4. The topological polar surface area (TPSA) is 71.6 Å². The van der Waals surface area contributed by atoms with Crippen LogP contribution in [0, 0.1) is 0 Å². The molecule has 0 radical (unpaired) electrons. The molecule has 1 spiro atoms. The van der Waals surface area contributed by atoms with Crippen molar-refractivity contribution in [3.63, 3.8) is 0 Å². The SMILES string of the molecule is CC(C)(C)OC(=O)N1CCCCCCCC2(CCCCCCCCCCCCCCCCCCCCCCCCCCCCCCCCCCCCCCCCCCCCCCCCCCC2)OC[C@@H](c2cc(C(F)(F)F)c[nH]c2=O)CC[C@H]1c1ccccc1. The Morgan fingerprint density at radius 3 is 1.06 bits per heavy atom. The molecule has 1 N–H and O–H groups in total. The molecule has 9 heteroatoms. The Labute approximate surface area is 552 Å². The van der Waals surface area contributed by atoms with Crippen molar-refractivity contribution in [3.8, 4) is 0 Å². The maximum atomic E-state index is 14.5. The third kappa shape index (κ3) is 39.8. The minimum atomic E-state index is -4.62. The monoisotopic (exact) mass is 1260 g/mol. The molecule has 2 aliphatic rings. The van der Waals surface area contributed by atoms with E-state index in [0.717, 1.165) is 94.9 Å². The molecule has 2 atom stereocenters. The third-order valence-electron chi connectivity index (χ3n) is 20.6. The van der Waals surface area contributed by atoms with Crippen molar-refractivity contribution < 1.29 is 27.4 Å². The zero-order valence-electron chi connectivity index (χ0n) is 59.0. The Kier molecular flexibility index (Phi) is 45.6. The van der Waals surface area contributed by atoms with Crippen molar-refractivity contribution in [2.75, 3.05) is 13.2 Å². The Balaban J connectivity index is 1.37. The van der Waals surface area contributed by atoms with Crippen LogP contribution in [-0.4, -0.2) is 40.3 Å². The summed E-state index contributed by atoms with van der Waals surface area (Å²) in [4.78, 5) is 32.4. The van der Waals surface area contributed by atoms with Crippen molar-refractivity contribution in [1.29, 1.82) is 0 Å². The predicted molar refractivity (Wildman–Crippen MR) is 378 cm³/mol. The molecule has 2 heterocycles. The molecule has 2 fully saturated rings. The van der Waals surface area contributed by atoms with Gasteiger partial charge in [0.1, 0.15) is 5.60 Å². The zero-order valence-corrected chi connectivity index (χ0v) is 59.0. The van der Waals surface area contributed by atoms with E-state index in [0.29, 0.717) is 19.4 Å². The van der Waals surface area contributed by atoms with Crippen molar-refractivity contribution >= 4 is 6.09 Å². The van der Waals surface area contributed by atoms with E-state index in [1.165, 1.54) is 289 Å². The van der Waals surface area contributed by atoms with Crippen molar-refractivity contribution in [2.24, 2.45) is 0 Å². The number of benzene rings is 1. The van der Waals surface area contributed by atoms with E-state index in [-0.39, 0.29) is 12.2 Å². The number of halogens is 3. The molecule has 1 aromatic heterocycles. The van der Waals surface area contributed by atoms with E-state index in [9.17, 15) is 22.8 Å². The predicted octanol–water partition coefficient (Wildman–Crippen LogP) is 27.3. The van der Waals surface area contributed by atoms with Gasteiger partial charge < -0.3 is 19.4 Å². The van der Waals surface area contributed by atoms with Crippen molar-refractivity contribution in [2.45, 2.75) is 429 Å². The van der Waals surface area contributed by atoms with Crippen LogP contribution in [0.4, 0.5) is 18.0 Å². The molecule has 1 aromatic carbocycles. The first kappa shape index (κ1) is 79.6. The van der Waals surface area contributed by atoms with Gasteiger partial charge in [-0.25, -0.2) is 4.79 Å². The number of aromatic amines is 1. The summed E-state index contributed by atoms with van der Waals surface area (Å²) < 4.78 is 56.9. The highest BCUT2D eigenvalue weighted by Gasteiger charge is 2.36. The van der Waals surface area contributed by atoms with Gasteiger partial charge in [-0.3, -0.25) is 4.79 Å². The largest absolute Gasteiger partial charge is 0.444 e. The van der Waals surface area contributed by atoms with Crippen molar-refractivity contribution in [3.05, 3.63) is 69.6 Å². The molecule has 1 amide bonds. The number of nitrogens with one attached hydrogen (secondary N) is 1. The second kappa shape index (κ2) is 51.5. The molecule has 0 unspecified atom stereocenters. The average molecular weight is 1260 g/mol. The Morgan fingerprint density at radius 2 is 0.756 bits per heavy atom. The van der Waals surface area contributed by atoms with Crippen molar-refractivity contribution in [1.82, 2.24) is 9.88 Å². The first-order chi connectivity index (χ1) is 43.9. The summed E-state index contributed by atoms with van der Waals surface area (Å²) in [5.74, 6) is -0.623. The Morgan fingerprint density at radius 1 is 0.456 bits per heavy atom. The zero-order chi connectivity index (χ0) is 64.3. The lowest BCUT2D eigenvalue weighted by Gasteiger charge is -2.37. The second-order valence-corrected chi connectivity index (χ2v) is 29.9. The van der Waals surface area contributed by atoms with Gasteiger partial charge in [-0.05, 0) is 70.9 Å². The summed E-state index contributed by atoms with van der Waals surface area (Å²) in [6.45, 7) is 6.29. The molecule has 90 heavy (non-hydrogen) atoms. The van der Waals surface area contributed by atoms with Gasteiger partial charge in [0, 0.05) is 24.2 Å². The van der Waals surface area contributed by atoms with Gasteiger partial charge in [-0.1, -0.05) is 371 Å². The van der Waals surface area contributed by atoms with Crippen LogP contribution in [0.15, 0.2) is 47.4 Å². The second-order valence-electron chi connectivity index (χ2n) is 29.9. The van der Waals surface area contributed by atoms with Gasteiger partial charge in [0.05, 0.1) is 23.8 Å². The van der Waals surface area contributed by atoms with E-state index >= 15 is 0 Å². The molecule has 4 rings (SSSR count). The number of carbonyl (C=O) groups excluding carboxylic acids is 1. The van der Waals surface area contributed by atoms with Gasteiger partial charge in [-0.15, -0.1) is 0 Å².